The molecule has 0 aromatic carbocycles. The van der Waals surface area contributed by atoms with Crippen LogP contribution in [-0.2, 0) is 27.9 Å². The lowest BCUT2D eigenvalue weighted by Gasteiger charge is -2.20. The first-order valence-corrected chi connectivity index (χ1v) is 22.2. The Bertz CT molecular complexity index is 795. The van der Waals surface area contributed by atoms with Crippen LogP contribution in [0.4, 0.5) is 0 Å². The van der Waals surface area contributed by atoms with Gasteiger partial charge < -0.3 is 24.6 Å². The molecule has 10 heteroatoms. The fourth-order valence-electron chi connectivity index (χ4n) is 5.76. The van der Waals surface area contributed by atoms with Gasteiger partial charge in [-0.25, -0.2) is 4.57 Å². The van der Waals surface area contributed by atoms with Gasteiger partial charge in [0.15, 0.2) is 0 Å². The van der Waals surface area contributed by atoms with Crippen LogP contribution in [0.25, 0.3) is 0 Å². The van der Waals surface area contributed by atoms with E-state index in [-0.39, 0.29) is 25.6 Å². The third-order valence-corrected chi connectivity index (χ3v) is 9.90. The summed E-state index contributed by atoms with van der Waals surface area (Å²) in [7, 11) is -4.51. The highest BCUT2D eigenvalue weighted by atomic mass is 31.2. The van der Waals surface area contributed by atoms with Crippen LogP contribution in [-0.4, -0.2) is 66.3 Å². The molecule has 9 nitrogen and oxygen atoms in total. The Morgan fingerprint density at radius 2 is 1.02 bits per heavy atom. The van der Waals surface area contributed by atoms with E-state index in [1.165, 1.54) is 122 Å². The van der Waals surface area contributed by atoms with Crippen LogP contribution in [0.5, 0.6) is 0 Å². The van der Waals surface area contributed by atoms with Crippen LogP contribution >= 0.6 is 7.82 Å². The second-order valence-corrected chi connectivity index (χ2v) is 15.5. The molecule has 0 saturated heterocycles. The number of carbonyl (C=O) groups is 1. The Hall–Kier alpha value is -0.800. The van der Waals surface area contributed by atoms with E-state index in [4.69, 9.17) is 23.6 Å². The zero-order valence-electron chi connectivity index (χ0n) is 32.4. The summed E-state index contributed by atoms with van der Waals surface area (Å²) in [6, 6.07) is 0. The van der Waals surface area contributed by atoms with Gasteiger partial charge in [-0.2, -0.15) is 0 Å². The summed E-state index contributed by atoms with van der Waals surface area (Å²) in [6.45, 7) is 3.53. The third-order valence-electron chi connectivity index (χ3n) is 8.95. The highest BCUT2D eigenvalue weighted by molar-refractivity contribution is 7.47. The fourth-order valence-corrected chi connectivity index (χ4v) is 6.55. The van der Waals surface area contributed by atoms with Crippen LogP contribution in [0.2, 0.25) is 0 Å². The molecule has 0 saturated carbocycles. The highest BCUT2D eigenvalue weighted by Crippen LogP contribution is 2.43. The summed E-state index contributed by atoms with van der Waals surface area (Å²) in [6.07, 6.45) is 35.9. The molecule has 0 fully saturated rings. The van der Waals surface area contributed by atoms with Crippen molar-refractivity contribution < 1.29 is 43.0 Å². The van der Waals surface area contributed by atoms with Crippen LogP contribution in [0.3, 0.4) is 0 Å². The number of allylic oxidation sites excluding steroid dienone is 2. The van der Waals surface area contributed by atoms with Crippen LogP contribution in [0.1, 0.15) is 194 Å². The first kappa shape index (κ1) is 49.2. The molecule has 2 unspecified atom stereocenters. The predicted molar refractivity (Wildman–Crippen MR) is 205 cm³/mol. The zero-order valence-corrected chi connectivity index (χ0v) is 33.3. The molecule has 0 aliphatic heterocycles. The molecular weight excluding hydrogens is 655 g/mol. The minimum atomic E-state index is -4.51. The third kappa shape index (κ3) is 37.0. The number of unbranched alkanes of at least 4 members (excludes halogenated alkanes) is 24. The van der Waals surface area contributed by atoms with E-state index in [1.807, 2.05) is 0 Å². The van der Waals surface area contributed by atoms with Crippen molar-refractivity contribution in [1.29, 1.82) is 0 Å². The van der Waals surface area contributed by atoms with Crippen molar-refractivity contribution in [2.45, 2.75) is 206 Å². The van der Waals surface area contributed by atoms with Gasteiger partial charge in [-0.1, -0.05) is 161 Å². The first-order chi connectivity index (χ1) is 24.3. The van der Waals surface area contributed by atoms with E-state index in [0.717, 1.165) is 51.4 Å². The van der Waals surface area contributed by atoms with Crippen molar-refractivity contribution in [3.63, 3.8) is 0 Å². The lowest BCUT2D eigenvalue weighted by Crippen LogP contribution is -2.29. The molecule has 298 valence electrons. The van der Waals surface area contributed by atoms with Crippen molar-refractivity contribution >= 4 is 13.8 Å². The normalized spacial score (nSPS) is 14.3. The first-order valence-electron chi connectivity index (χ1n) is 20.7. The Labute approximate surface area is 307 Å². The van der Waals surface area contributed by atoms with Gasteiger partial charge in [0.1, 0.15) is 12.2 Å². The van der Waals surface area contributed by atoms with E-state index >= 15 is 0 Å². The average Bonchev–Trinajstić information content (AvgIpc) is 3.10. The minimum absolute atomic E-state index is 0.0514. The van der Waals surface area contributed by atoms with Crippen molar-refractivity contribution in [3.05, 3.63) is 12.2 Å². The van der Waals surface area contributed by atoms with Gasteiger partial charge in [0, 0.05) is 13.0 Å². The number of ether oxygens (including phenoxy) is 2. The molecular formula is C40H79O9P. The molecule has 50 heavy (non-hydrogen) atoms. The molecule has 0 aliphatic rings. The number of phosphoric ester groups is 1. The summed E-state index contributed by atoms with van der Waals surface area (Å²) in [5.74, 6) is -0.388. The number of carbonyl (C=O) groups excluding carboxylic acids is 1. The summed E-state index contributed by atoms with van der Waals surface area (Å²) in [5.41, 5.74) is 0. The standard InChI is InChI=1S/C40H79O9P/c1-3-5-7-9-11-13-15-17-19-20-22-24-26-28-30-32-40(43)49-39(37-48-50(44,45)47-35-38(42)34-41)36-46-33-31-29-27-25-23-21-18-16-14-12-10-8-6-4-2/h17,19,38-39,41-42H,3-16,18,20-37H2,1-2H3,(H,44,45)/b19-17-/t38?,39-/m1/s1. The van der Waals surface area contributed by atoms with Gasteiger partial charge in [-0.15, -0.1) is 0 Å². The Balaban J connectivity index is 4.19. The highest BCUT2D eigenvalue weighted by Gasteiger charge is 2.26. The van der Waals surface area contributed by atoms with E-state index in [1.54, 1.807) is 0 Å². The minimum Gasteiger partial charge on any atom is -0.457 e. The monoisotopic (exact) mass is 735 g/mol. The van der Waals surface area contributed by atoms with Crippen molar-refractivity contribution in [1.82, 2.24) is 0 Å². The maximum Gasteiger partial charge on any atom is 0.472 e. The molecule has 3 atom stereocenters. The van der Waals surface area contributed by atoms with Crippen LogP contribution < -0.4 is 0 Å². The summed E-state index contributed by atoms with van der Waals surface area (Å²) < 4.78 is 33.3. The van der Waals surface area contributed by atoms with Crippen molar-refractivity contribution in [2.75, 3.05) is 33.0 Å². The summed E-state index contributed by atoms with van der Waals surface area (Å²) in [5, 5.41) is 18.3. The number of aliphatic hydroxyl groups excluding tert-OH is 2. The maximum absolute atomic E-state index is 12.6. The largest absolute Gasteiger partial charge is 0.472 e. The number of rotatable bonds is 40. The molecule has 0 aliphatic carbocycles. The van der Waals surface area contributed by atoms with Gasteiger partial charge in [0.05, 0.1) is 26.4 Å². The second kappa shape index (κ2) is 37.9. The quantitative estimate of drug-likeness (QED) is 0.0243. The molecule has 0 heterocycles. The topological polar surface area (TPSA) is 132 Å². The van der Waals surface area contributed by atoms with E-state index in [9.17, 15) is 19.4 Å². The van der Waals surface area contributed by atoms with E-state index in [0.29, 0.717) is 6.61 Å². The molecule has 3 N–H and O–H groups in total. The van der Waals surface area contributed by atoms with Crippen molar-refractivity contribution in [3.8, 4) is 0 Å². The van der Waals surface area contributed by atoms with Gasteiger partial charge in [-0.05, 0) is 38.5 Å². The zero-order chi connectivity index (χ0) is 36.8. The number of hydrogen-bond acceptors (Lipinski definition) is 8. The fraction of sp³-hybridized carbons (Fsp3) is 0.925. The van der Waals surface area contributed by atoms with E-state index < -0.39 is 33.2 Å². The van der Waals surface area contributed by atoms with Gasteiger partial charge >= 0.3 is 13.8 Å². The summed E-state index contributed by atoms with van der Waals surface area (Å²) in [4.78, 5) is 22.5. The van der Waals surface area contributed by atoms with E-state index in [2.05, 4.69) is 26.0 Å². The number of phosphoric acid groups is 1. The smallest absolute Gasteiger partial charge is 0.457 e. The molecule has 0 rings (SSSR count). The SMILES string of the molecule is CCCCCCCC/C=C\CCCCCCCC(=O)O[C@H](COCCCCCCCCCCCCCCCC)COP(=O)(O)OCC(O)CO. The molecule has 0 aromatic rings. The van der Waals surface area contributed by atoms with Crippen LogP contribution in [0, 0.1) is 0 Å². The van der Waals surface area contributed by atoms with Gasteiger partial charge in [-0.3, -0.25) is 13.8 Å². The molecule has 0 aromatic heterocycles. The molecule has 0 spiro atoms. The lowest BCUT2D eigenvalue weighted by molar-refractivity contribution is -0.154. The summed E-state index contributed by atoms with van der Waals surface area (Å²) >= 11 is 0. The average molecular weight is 735 g/mol. The molecule has 0 amide bonds. The van der Waals surface area contributed by atoms with Gasteiger partial charge in [0.2, 0.25) is 0 Å². The Morgan fingerprint density at radius 1 is 0.600 bits per heavy atom. The molecule has 0 bridgehead atoms. The maximum atomic E-state index is 12.6. The Morgan fingerprint density at radius 3 is 1.50 bits per heavy atom. The van der Waals surface area contributed by atoms with Crippen LogP contribution in [0.15, 0.2) is 12.2 Å². The Kier molecular flexibility index (Phi) is 37.3. The number of hydrogen-bond donors (Lipinski definition) is 3. The molecule has 0 radical (unpaired) electrons. The second-order valence-electron chi connectivity index (χ2n) is 14.0. The van der Waals surface area contributed by atoms with Gasteiger partial charge in [0.25, 0.3) is 0 Å². The predicted octanol–water partition coefficient (Wildman–Crippen LogP) is 10.9. The number of esters is 1. The number of aliphatic hydroxyl groups is 2. The van der Waals surface area contributed by atoms with Crippen molar-refractivity contribution in [2.24, 2.45) is 0 Å². The lowest BCUT2D eigenvalue weighted by atomic mass is 10.0.